The van der Waals surface area contributed by atoms with Gasteiger partial charge in [-0.05, 0) is 17.7 Å². The van der Waals surface area contributed by atoms with Crippen molar-refractivity contribution in [3.63, 3.8) is 0 Å². The second-order valence-corrected chi connectivity index (χ2v) is 3.91. The number of hydrogen-bond donors (Lipinski definition) is 3. The lowest BCUT2D eigenvalue weighted by atomic mass is 10.2. The zero-order valence-electron chi connectivity index (χ0n) is 8.52. The lowest BCUT2D eigenvalue weighted by molar-refractivity contribution is 0.264. The summed E-state index contributed by atoms with van der Waals surface area (Å²) in [6, 6.07) is 6.93. The van der Waals surface area contributed by atoms with Crippen molar-refractivity contribution in [3.8, 4) is 11.3 Å². The first-order valence-electron chi connectivity index (χ1n) is 4.88. The second-order valence-electron chi connectivity index (χ2n) is 3.48. The summed E-state index contributed by atoms with van der Waals surface area (Å²) in [6.07, 6.45) is 1.69. The molecule has 0 amide bonds. The molecule has 0 spiro atoms. The zero-order valence-corrected chi connectivity index (χ0v) is 9.28. The third-order valence-electron chi connectivity index (χ3n) is 2.30. The minimum absolute atomic E-state index is 0.131. The molecular formula is C11H12ClN3O. The Labute approximate surface area is 98.1 Å². The Morgan fingerprint density at radius 3 is 2.69 bits per heavy atom. The molecule has 1 aromatic heterocycles. The van der Waals surface area contributed by atoms with Crippen LogP contribution < -0.4 is 5.73 Å². The molecule has 5 heteroatoms. The van der Waals surface area contributed by atoms with Crippen molar-refractivity contribution in [2.75, 3.05) is 6.61 Å². The molecule has 84 valence electrons. The van der Waals surface area contributed by atoms with E-state index in [1.54, 1.807) is 6.20 Å². The molecule has 0 aliphatic carbocycles. The molecular weight excluding hydrogens is 226 g/mol. The van der Waals surface area contributed by atoms with Crippen LogP contribution in [0.3, 0.4) is 0 Å². The molecule has 0 radical (unpaired) electrons. The van der Waals surface area contributed by atoms with Gasteiger partial charge >= 0.3 is 0 Å². The predicted octanol–water partition coefficient (Wildman–Crippen LogP) is 1.72. The van der Waals surface area contributed by atoms with E-state index in [9.17, 15) is 0 Å². The average molecular weight is 238 g/mol. The van der Waals surface area contributed by atoms with E-state index in [1.807, 2.05) is 24.3 Å². The second kappa shape index (κ2) is 4.65. The molecule has 0 fully saturated rings. The monoisotopic (exact) mass is 237 g/mol. The molecule has 0 aliphatic heterocycles. The van der Waals surface area contributed by atoms with Crippen molar-refractivity contribution in [1.82, 2.24) is 9.97 Å². The molecule has 1 atom stereocenters. The molecule has 0 saturated carbocycles. The van der Waals surface area contributed by atoms with E-state index in [2.05, 4.69) is 9.97 Å². The average Bonchev–Trinajstić information content (AvgIpc) is 2.78. The summed E-state index contributed by atoms with van der Waals surface area (Å²) in [5.74, 6) is 0.576. The van der Waals surface area contributed by atoms with E-state index in [0.717, 1.165) is 11.3 Å². The van der Waals surface area contributed by atoms with Crippen molar-refractivity contribution in [2.24, 2.45) is 5.73 Å². The van der Waals surface area contributed by atoms with Crippen LogP contribution in [0, 0.1) is 0 Å². The number of nitrogens with zero attached hydrogens (tertiary/aromatic N) is 1. The minimum atomic E-state index is -0.471. The molecule has 1 unspecified atom stereocenters. The molecule has 2 aromatic rings. The summed E-state index contributed by atoms with van der Waals surface area (Å²) in [6.45, 7) is -0.131. The Hall–Kier alpha value is -1.36. The predicted molar refractivity (Wildman–Crippen MR) is 63.0 cm³/mol. The third kappa shape index (κ3) is 2.24. The van der Waals surface area contributed by atoms with Crippen LogP contribution in [0.15, 0.2) is 30.5 Å². The van der Waals surface area contributed by atoms with Gasteiger partial charge in [-0.2, -0.15) is 0 Å². The smallest absolute Gasteiger partial charge is 0.125 e. The number of rotatable bonds is 3. The number of aromatic nitrogens is 2. The van der Waals surface area contributed by atoms with Crippen molar-refractivity contribution >= 4 is 11.6 Å². The maximum atomic E-state index is 8.90. The highest BCUT2D eigenvalue weighted by Gasteiger charge is 2.09. The quantitative estimate of drug-likeness (QED) is 0.761. The van der Waals surface area contributed by atoms with Crippen LogP contribution in [-0.2, 0) is 0 Å². The van der Waals surface area contributed by atoms with Crippen LogP contribution >= 0.6 is 11.6 Å². The summed E-state index contributed by atoms with van der Waals surface area (Å²) in [4.78, 5) is 7.17. The fourth-order valence-electron chi connectivity index (χ4n) is 1.39. The normalized spacial score (nSPS) is 12.7. The number of aliphatic hydroxyl groups is 1. The molecule has 1 heterocycles. The number of imidazole rings is 1. The SMILES string of the molecule is NC(CO)c1ncc(-c2ccc(Cl)cc2)[nH]1. The van der Waals surface area contributed by atoms with E-state index in [-0.39, 0.29) is 6.61 Å². The van der Waals surface area contributed by atoms with Gasteiger partial charge in [0.25, 0.3) is 0 Å². The Bertz CT molecular complexity index is 466. The highest BCUT2D eigenvalue weighted by atomic mass is 35.5. The summed E-state index contributed by atoms with van der Waals surface area (Å²) < 4.78 is 0. The van der Waals surface area contributed by atoms with Gasteiger partial charge in [0.2, 0.25) is 0 Å². The first-order chi connectivity index (χ1) is 7.70. The highest BCUT2D eigenvalue weighted by molar-refractivity contribution is 6.30. The molecule has 4 N–H and O–H groups in total. The Balaban J connectivity index is 2.28. The standard InChI is InChI=1S/C11H12ClN3O/c12-8-3-1-7(2-4-8)10-5-14-11(15-10)9(13)6-16/h1-5,9,16H,6,13H2,(H,14,15). The fraction of sp³-hybridized carbons (Fsp3) is 0.182. The lowest BCUT2D eigenvalue weighted by Gasteiger charge is -2.03. The molecule has 4 nitrogen and oxygen atoms in total. The van der Waals surface area contributed by atoms with E-state index in [1.165, 1.54) is 0 Å². The van der Waals surface area contributed by atoms with Gasteiger partial charge in [0, 0.05) is 5.02 Å². The minimum Gasteiger partial charge on any atom is -0.394 e. The maximum Gasteiger partial charge on any atom is 0.125 e. The van der Waals surface area contributed by atoms with E-state index in [4.69, 9.17) is 22.4 Å². The highest BCUT2D eigenvalue weighted by Crippen LogP contribution is 2.20. The Morgan fingerprint density at radius 2 is 2.06 bits per heavy atom. The molecule has 0 saturated heterocycles. The number of nitrogens with two attached hydrogens (primary N) is 1. The van der Waals surface area contributed by atoms with Crippen molar-refractivity contribution in [2.45, 2.75) is 6.04 Å². The number of aromatic amines is 1. The van der Waals surface area contributed by atoms with E-state index >= 15 is 0 Å². The van der Waals surface area contributed by atoms with Gasteiger partial charge in [0.1, 0.15) is 5.82 Å². The van der Waals surface area contributed by atoms with Crippen LogP contribution in [0.4, 0.5) is 0 Å². The van der Waals surface area contributed by atoms with Gasteiger partial charge in [-0.1, -0.05) is 23.7 Å². The van der Waals surface area contributed by atoms with Gasteiger partial charge in [0.05, 0.1) is 24.5 Å². The first-order valence-corrected chi connectivity index (χ1v) is 5.26. The number of hydrogen-bond acceptors (Lipinski definition) is 3. The zero-order chi connectivity index (χ0) is 11.5. The van der Waals surface area contributed by atoms with Gasteiger partial charge in [0.15, 0.2) is 0 Å². The van der Waals surface area contributed by atoms with Crippen LogP contribution in [0.5, 0.6) is 0 Å². The Morgan fingerprint density at radius 1 is 1.38 bits per heavy atom. The fourth-order valence-corrected chi connectivity index (χ4v) is 1.51. The molecule has 2 rings (SSSR count). The Kier molecular flexibility index (Phi) is 3.24. The van der Waals surface area contributed by atoms with Crippen LogP contribution in [0.2, 0.25) is 5.02 Å². The maximum absolute atomic E-state index is 8.90. The number of H-pyrrole nitrogens is 1. The first kappa shape index (κ1) is 11.1. The molecule has 0 bridgehead atoms. The van der Waals surface area contributed by atoms with Gasteiger partial charge in [-0.25, -0.2) is 4.98 Å². The van der Waals surface area contributed by atoms with Crippen LogP contribution in [0.1, 0.15) is 11.9 Å². The molecule has 1 aromatic carbocycles. The largest absolute Gasteiger partial charge is 0.394 e. The van der Waals surface area contributed by atoms with E-state index < -0.39 is 6.04 Å². The van der Waals surface area contributed by atoms with Crippen molar-refractivity contribution in [3.05, 3.63) is 41.3 Å². The summed E-state index contributed by atoms with van der Waals surface area (Å²) >= 11 is 5.80. The summed E-state index contributed by atoms with van der Waals surface area (Å²) in [5.41, 5.74) is 7.48. The van der Waals surface area contributed by atoms with Gasteiger partial charge in [-0.3, -0.25) is 0 Å². The topological polar surface area (TPSA) is 74.9 Å². The van der Waals surface area contributed by atoms with Crippen LogP contribution in [0.25, 0.3) is 11.3 Å². The molecule has 0 aliphatic rings. The number of aliphatic hydroxyl groups excluding tert-OH is 1. The van der Waals surface area contributed by atoms with Crippen molar-refractivity contribution in [1.29, 1.82) is 0 Å². The summed E-state index contributed by atoms with van der Waals surface area (Å²) in [7, 11) is 0. The molecule has 16 heavy (non-hydrogen) atoms. The van der Waals surface area contributed by atoms with Crippen LogP contribution in [-0.4, -0.2) is 21.7 Å². The van der Waals surface area contributed by atoms with Gasteiger partial charge in [-0.15, -0.1) is 0 Å². The van der Waals surface area contributed by atoms with Gasteiger partial charge < -0.3 is 15.8 Å². The number of halogens is 1. The third-order valence-corrected chi connectivity index (χ3v) is 2.55. The van der Waals surface area contributed by atoms with Crippen molar-refractivity contribution < 1.29 is 5.11 Å². The van der Waals surface area contributed by atoms with E-state index in [0.29, 0.717) is 10.8 Å². The number of benzene rings is 1. The summed E-state index contributed by atoms with van der Waals surface area (Å²) in [5, 5.41) is 9.59. The number of nitrogens with one attached hydrogen (secondary N) is 1. The lowest BCUT2D eigenvalue weighted by Crippen LogP contribution is -2.15.